The monoisotopic (exact) mass is 473 g/mol. The molecule has 5 rings (SSSR count). The van der Waals surface area contributed by atoms with Crippen LogP contribution in [0.1, 0.15) is 16.8 Å². The summed E-state index contributed by atoms with van der Waals surface area (Å²) in [6, 6.07) is 17.2. The van der Waals surface area contributed by atoms with Crippen molar-refractivity contribution in [1.82, 2.24) is 19.3 Å². The van der Waals surface area contributed by atoms with Gasteiger partial charge in [0, 0.05) is 54.6 Å². The normalized spacial score (nSPS) is 15.1. The topological polar surface area (TPSA) is 79.3 Å². The van der Waals surface area contributed by atoms with Crippen LogP contribution in [0.2, 0.25) is 0 Å². The molecule has 174 valence electrons. The fraction of sp³-hybridized carbons (Fsp3) is 0.269. The highest BCUT2D eigenvalue weighted by Gasteiger charge is 2.31. The standard InChI is InChI=1S/C26H27N5O2S/c1-18-9-11-22(12-10-18)25-28-20(3)19(2)26(29-25)30-14-16-31(17-15-30)34(32,33)23-8-4-6-21-7-5-13-27-24(21)23/h4-13H,14-17H2,1-3H3. The average Bonchev–Trinajstić information content (AvgIpc) is 2.86. The molecule has 0 radical (unpaired) electrons. The SMILES string of the molecule is Cc1ccc(-c2nc(C)c(C)c(N3CCN(S(=O)(=O)c4cccc5cccnc45)CC3)n2)cc1. The molecule has 0 unspecified atom stereocenters. The van der Waals surface area contributed by atoms with E-state index in [1.54, 1.807) is 22.6 Å². The van der Waals surface area contributed by atoms with E-state index in [0.717, 1.165) is 28.0 Å². The fourth-order valence-electron chi connectivity index (χ4n) is 4.32. The van der Waals surface area contributed by atoms with Gasteiger partial charge in [-0.25, -0.2) is 18.4 Å². The summed E-state index contributed by atoms with van der Waals surface area (Å²) >= 11 is 0. The van der Waals surface area contributed by atoms with E-state index in [-0.39, 0.29) is 4.90 Å². The van der Waals surface area contributed by atoms with Crippen LogP contribution in [0.4, 0.5) is 5.82 Å². The molecule has 0 saturated carbocycles. The number of fused-ring (bicyclic) bond motifs is 1. The van der Waals surface area contributed by atoms with E-state index in [1.165, 1.54) is 5.56 Å². The van der Waals surface area contributed by atoms with Crippen molar-refractivity contribution in [3.05, 3.63) is 77.6 Å². The highest BCUT2D eigenvalue weighted by atomic mass is 32.2. The summed E-state index contributed by atoms with van der Waals surface area (Å²) in [6.45, 7) is 7.95. The van der Waals surface area contributed by atoms with Gasteiger partial charge in [0.2, 0.25) is 10.0 Å². The van der Waals surface area contributed by atoms with Crippen LogP contribution in [-0.2, 0) is 10.0 Å². The molecule has 1 saturated heterocycles. The number of aryl methyl sites for hydroxylation is 2. The van der Waals surface area contributed by atoms with Crippen molar-refractivity contribution in [1.29, 1.82) is 0 Å². The van der Waals surface area contributed by atoms with Gasteiger partial charge in [0.15, 0.2) is 5.82 Å². The van der Waals surface area contributed by atoms with E-state index in [9.17, 15) is 8.42 Å². The average molecular weight is 474 g/mol. The summed E-state index contributed by atoms with van der Waals surface area (Å²) < 4.78 is 28.5. The second-order valence-electron chi connectivity index (χ2n) is 8.67. The van der Waals surface area contributed by atoms with Crippen molar-refractivity contribution in [2.75, 3.05) is 31.1 Å². The maximum atomic E-state index is 13.5. The number of sulfonamides is 1. The van der Waals surface area contributed by atoms with Gasteiger partial charge in [0.25, 0.3) is 0 Å². The van der Waals surface area contributed by atoms with Crippen LogP contribution < -0.4 is 4.90 Å². The molecule has 0 atom stereocenters. The second kappa shape index (κ2) is 8.77. The summed E-state index contributed by atoms with van der Waals surface area (Å²) in [5.41, 5.74) is 4.62. The van der Waals surface area contributed by atoms with Crippen LogP contribution in [0.15, 0.2) is 65.7 Å². The second-order valence-corrected chi connectivity index (χ2v) is 10.6. The number of para-hydroxylation sites is 1. The first-order chi connectivity index (χ1) is 16.3. The summed E-state index contributed by atoms with van der Waals surface area (Å²) in [5.74, 6) is 1.56. The Morgan fingerprint density at radius 3 is 2.26 bits per heavy atom. The van der Waals surface area contributed by atoms with Crippen molar-refractivity contribution >= 4 is 26.7 Å². The Bertz CT molecular complexity index is 1460. The quantitative estimate of drug-likeness (QED) is 0.444. The van der Waals surface area contributed by atoms with Crippen molar-refractivity contribution in [2.45, 2.75) is 25.7 Å². The zero-order chi connectivity index (χ0) is 23.9. The van der Waals surface area contributed by atoms with E-state index >= 15 is 0 Å². The van der Waals surface area contributed by atoms with Crippen LogP contribution >= 0.6 is 0 Å². The molecule has 2 aromatic carbocycles. The van der Waals surface area contributed by atoms with Crippen molar-refractivity contribution in [2.24, 2.45) is 0 Å². The largest absolute Gasteiger partial charge is 0.354 e. The molecule has 0 bridgehead atoms. The Morgan fingerprint density at radius 2 is 1.53 bits per heavy atom. The Morgan fingerprint density at radius 1 is 0.824 bits per heavy atom. The molecule has 0 amide bonds. The molecule has 0 aliphatic carbocycles. The number of nitrogens with zero attached hydrogens (tertiary/aromatic N) is 5. The van der Waals surface area contributed by atoms with Gasteiger partial charge in [-0.15, -0.1) is 0 Å². The summed E-state index contributed by atoms with van der Waals surface area (Å²) in [4.78, 5) is 16.3. The van der Waals surface area contributed by atoms with Gasteiger partial charge >= 0.3 is 0 Å². The lowest BCUT2D eigenvalue weighted by molar-refractivity contribution is 0.384. The third kappa shape index (κ3) is 4.03. The number of anilines is 1. The van der Waals surface area contributed by atoms with E-state index in [2.05, 4.69) is 28.9 Å². The predicted octanol–water partition coefficient (Wildman–Crippen LogP) is 4.13. The van der Waals surface area contributed by atoms with Gasteiger partial charge in [-0.2, -0.15) is 4.31 Å². The summed E-state index contributed by atoms with van der Waals surface area (Å²) in [5, 5.41) is 0.818. The molecule has 1 aliphatic heterocycles. The summed E-state index contributed by atoms with van der Waals surface area (Å²) in [7, 11) is -3.66. The minimum Gasteiger partial charge on any atom is -0.354 e. The third-order valence-corrected chi connectivity index (χ3v) is 8.36. The highest BCUT2D eigenvalue weighted by Crippen LogP contribution is 2.28. The third-order valence-electron chi connectivity index (χ3n) is 6.42. The molecule has 1 aliphatic rings. The Kier molecular flexibility index (Phi) is 5.79. The smallest absolute Gasteiger partial charge is 0.245 e. The van der Waals surface area contributed by atoms with Crippen molar-refractivity contribution in [3.63, 3.8) is 0 Å². The van der Waals surface area contributed by atoms with Crippen LogP contribution in [0.3, 0.4) is 0 Å². The first-order valence-corrected chi connectivity index (χ1v) is 12.8. The van der Waals surface area contributed by atoms with Gasteiger partial charge in [0.05, 0.1) is 5.52 Å². The van der Waals surface area contributed by atoms with E-state index in [0.29, 0.717) is 37.5 Å². The Balaban J connectivity index is 1.40. The zero-order valence-electron chi connectivity index (χ0n) is 19.6. The number of benzene rings is 2. The molecule has 0 N–H and O–H groups in total. The van der Waals surface area contributed by atoms with E-state index in [1.807, 2.05) is 44.2 Å². The van der Waals surface area contributed by atoms with Crippen LogP contribution in [0.5, 0.6) is 0 Å². The number of hydrogen-bond donors (Lipinski definition) is 0. The lowest BCUT2D eigenvalue weighted by Crippen LogP contribution is -2.49. The first kappa shape index (κ1) is 22.4. The maximum absolute atomic E-state index is 13.5. The Labute approximate surface area is 200 Å². The van der Waals surface area contributed by atoms with Crippen LogP contribution in [-0.4, -0.2) is 53.9 Å². The number of hydrogen-bond acceptors (Lipinski definition) is 6. The first-order valence-electron chi connectivity index (χ1n) is 11.4. The number of piperazine rings is 1. The molecule has 4 aromatic rings. The Hall–Kier alpha value is -3.36. The number of pyridine rings is 1. The van der Waals surface area contributed by atoms with Crippen molar-refractivity contribution < 1.29 is 8.42 Å². The molecule has 0 spiro atoms. The zero-order valence-corrected chi connectivity index (χ0v) is 20.4. The lowest BCUT2D eigenvalue weighted by atomic mass is 10.1. The van der Waals surface area contributed by atoms with Crippen LogP contribution in [0, 0.1) is 20.8 Å². The van der Waals surface area contributed by atoms with E-state index < -0.39 is 10.0 Å². The molecule has 1 fully saturated rings. The number of rotatable bonds is 4. The van der Waals surface area contributed by atoms with Gasteiger partial charge in [0.1, 0.15) is 10.7 Å². The minimum absolute atomic E-state index is 0.259. The minimum atomic E-state index is -3.66. The molecule has 2 aromatic heterocycles. The highest BCUT2D eigenvalue weighted by molar-refractivity contribution is 7.89. The van der Waals surface area contributed by atoms with Crippen LogP contribution in [0.25, 0.3) is 22.3 Å². The molecule has 34 heavy (non-hydrogen) atoms. The molecule has 3 heterocycles. The summed E-state index contributed by atoms with van der Waals surface area (Å²) in [6.07, 6.45) is 1.63. The number of aromatic nitrogens is 3. The molecule has 8 heteroatoms. The van der Waals surface area contributed by atoms with Gasteiger partial charge < -0.3 is 4.90 Å². The lowest BCUT2D eigenvalue weighted by Gasteiger charge is -2.35. The molecular weight excluding hydrogens is 446 g/mol. The van der Waals surface area contributed by atoms with Gasteiger partial charge in [-0.1, -0.05) is 48.0 Å². The van der Waals surface area contributed by atoms with Gasteiger partial charge in [-0.3, -0.25) is 4.98 Å². The maximum Gasteiger partial charge on any atom is 0.245 e. The van der Waals surface area contributed by atoms with Crippen molar-refractivity contribution in [3.8, 4) is 11.4 Å². The predicted molar refractivity (Wildman–Crippen MR) is 134 cm³/mol. The molecular formula is C26H27N5O2S. The van der Waals surface area contributed by atoms with E-state index in [4.69, 9.17) is 9.97 Å². The van der Waals surface area contributed by atoms with Gasteiger partial charge in [-0.05, 0) is 32.9 Å². The fourth-order valence-corrected chi connectivity index (χ4v) is 5.90. The molecule has 7 nitrogen and oxygen atoms in total.